The van der Waals surface area contributed by atoms with Gasteiger partial charge in [-0.3, -0.25) is 0 Å². The van der Waals surface area contributed by atoms with Crippen LogP contribution in [0.4, 0.5) is 0 Å². The minimum atomic E-state index is -1.45. The molecule has 0 aromatic carbocycles. The van der Waals surface area contributed by atoms with Crippen LogP contribution in [0.25, 0.3) is 0 Å². The zero-order valence-corrected chi connectivity index (χ0v) is 9.93. The second kappa shape index (κ2) is 6.98. The van der Waals surface area contributed by atoms with E-state index in [0.717, 1.165) is 0 Å². The van der Waals surface area contributed by atoms with Crippen molar-refractivity contribution in [1.82, 2.24) is 0 Å². The van der Waals surface area contributed by atoms with Crippen LogP contribution in [0.15, 0.2) is 0 Å². The van der Waals surface area contributed by atoms with E-state index < -0.39 is 36.7 Å². The van der Waals surface area contributed by atoms with Crippen molar-refractivity contribution in [2.45, 2.75) is 37.1 Å². The molecular weight excluding hydrogens is 248 g/mol. The van der Waals surface area contributed by atoms with Gasteiger partial charge < -0.3 is 34.6 Å². The summed E-state index contributed by atoms with van der Waals surface area (Å²) < 4.78 is 14.7. The first-order valence-electron chi connectivity index (χ1n) is 5.48. The van der Waals surface area contributed by atoms with Crippen LogP contribution in [0.2, 0.25) is 0 Å². The van der Waals surface area contributed by atoms with Gasteiger partial charge >= 0.3 is 5.97 Å². The fourth-order valence-electron chi connectivity index (χ4n) is 1.63. The molecule has 1 saturated heterocycles. The quantitative estimate of drug-likeness (QED) is 0.432. The van der Waals surface area contributed by atoms with Gasteiger partial charge in [-0.1, -0.05) is 0 Å². The van der Waals surface area contributed by atoms with E-state index in [0.29, 0.717) is 0 Å². The smallest absolute Gasteiger partial charge is 0.335 e. The number of methoxy groups -OCH3 is 1. The maximum Gasteiger partial charge on any atom is 0.335 e. The Kier molecular flexibility index (Phi) is 5.93. The number of aliphatic carboxylic acids is 1. The molecule has 106 valence electrons. The third kappa shape index (κ3) is 4.16. The van der Waals surface area contributed by atoms with Crippen LogP contribution < -0.4 is 0 Å². The molecule has 1 fully saturated rings. The van der Waals surface area contributed by atoms with Crippen LogP contribution in [-0.4, -0.2) is 77.4 Å². The summed E-state index contributed by atoms with van der Waals surface area (Å²) in [4.78, 5) is 10.8. The minimum Gasteiger partial charge on any atom is -0.479 e. The second-order valence-corrected chi connectivity index (χ2v) is 4.08. The Balaban J connectivity index is 2.46. The number of hydrogen-bond acceptors (Lipinski definition) is 7. The van der Waals surface area contributed by atoms with Gasteiger partial charge in [-0.2, -0.15) is 0 Å². The monoisotopic (exact) mass is 266 g/mol. The molecule has 0 bridgehead atoms. The molecule has 8 heteroatoms. The lowest BCUT2D eigenvalue weighted by Gasteiger charge is -2.35. The average Bonchev–Trinajstić information content (AvgIpc) is 2.27. The largest absolute Gasteiger partial charge is 0.479 e. The second-order valence-electron chi connectivity index (χ2n) is 4.08. The summed E-state index contributed by atoms with van der Waals surface area (Å²) in [7, 11) is 1.41. The normalized spacial score (nSPS) is 34.2. The van der Waals surface area contributed by atoms with Gasteiger partial charge in [0.2, 0.25) is 0 Å². The van der Waals surface area contributed by atoms with E-state index in [9.17, 15) is 20.1 Å². The first kappa shape index (κ1) is 15.3. The van der Waals surface area contributed by atoms with Crippen molar-refractivity contribution in [3.63, 3.8) is 0 Å². The molecular formula is C10H18O8. The Labute approximate surface area is 104 Å². The summed E-state index contributed by atoms with van der Waals surface area (Å²) in [6.45, 7) is -0.119. The third-order valence-electron chi connectivity index (χ3n) is 2.48. The number of aliphatic hydroxyl groups excluding tert-OH is 3. The van der Waals surface area contributed by atoms with Crippen molar-refractivity contribution in [3.8, 4) is 0 Å². The SMILES string of the molecule is COCC(O)COC1OC(C(=O)O)[C@@H](O)C[C@H]1O. The summed E-state index contributed by atoms with van der Waals surface area (Å²) in [5, 5.41) is 37.1. The number of aliphatic hydroxyl groups is 3. The lowest BCUT2D eigenvalue weighted by Crippen LogP contribution is -2.52. The lowest BCUT2D eigenvalue weighted by atomic mass is 10.0. The summed E-state index contributed by atoms with van der Waals surface area (Å²) in [6.07, 6.45) is -6.14. The molecule has 8 nitrogen and oxygen atoms in total. The van der Waals surface area contributed by atoms with Crippen LogP contribution in [0.5, 0.6) is 0 Å². The molecule has 0 aromatic heterocycles. The van der Waals surface area contributed by atoms with Gasteiger partial charge in [-0.05, 0) is 0 Å². The number of hydrogen-bond donors (Lipinski definition) is 4. The molecule has 0 saturated carbocycles. The number of carbonyl (C=O) groups is 1. The summed E-state index contributed by atoms with van der Waals surface area (Å²) in [5.41, 5.74) is 0. The van der Waals surface area contributed by atoms with Crippen molar-refractivity contribution >= 4 is 5.97 Å². The Morgan fingerprint density at radius 1 is 1.39 bits per heavy atom. The Morgan fingerprint density at radius 3 is 2.61 bits per heavy atom. The highest BCUT2D eigenvalue weighted by atomic mass is 16.7. The molecule has 0 radical (unpaired) electrons. The Morgan fingerprint density at radius 2 is 2.06 bits per heavy atom. The van der Waals surface area contributed by atoms with Crippen LogP contribution in [0, 0.1) is 0 Å². The maximum absolute atomic E-state index is 10.8. The maximum atomic E-state index is 10.8. The molecule has 3 unspecified atom stereocenters. The summed E-state index contributed by atoms with van der Waals surface area (Å²) in [6, 6.07) is 0. The van der Waals surface area contributed by atoms with E-state index >= 15 is 0 Å². The van der Waals surface area contributed by atoms with Crippen LogP contribution in [0.3, 0.4) is 0 Å². The Bertz CT molecular complexity index is 271. The third-order valence-corrected chi connectivity index (χ3v) is 2.48. The first-order chi connectivity index (χ1) is 8.45. The lowest BCUT2D eigenvalue weighted by molar-refractivity contribution is -0.269. The molecule has 4 N–H and O–H groups in total. The topological polar surface area (TPSA) is 126 Å². The number of carboxylic acids is 1. The standard InChI is InChI=1S/C10H18O8/c1-16-3-5(11)4-17-10-7(13)2-6(12)8(18-10)9(14)15/h5-8,10-13H,2-4H2,1H3,(H,14,15)/t5?,6-,7+,8?,10?/m0/s1. The predicted molar refractivity (Wildman–Crippen MR) is 56.8 cm³/mol. The molecule has 1 aliphatic rings. The molecule has 0 aromatic rings. The molecule has 0 aliphatic carbocycles. The zero-order valence-electron chi connectivity index (χ0n) is 9.93. The van der Waals surface area contributed by atoms with Gasteiger partial charge in [0.1, 0.15) is 12.2 Å². The first-order valence-corrected chi connectivity index (χ1v) is 5.48. The minimum absolute atomic E-state index is 0.0494. The van der Waals surface area contributed by atoms with Crippen LogP contribution in [0.1, 0.15) is 6.42 Å². The van der Waals surface area contributed by atoms with E-state index in [2.05, 4.69) is 4.74 Å². The van der Waals surface area contributed by atoms with Crippen molar-refractivity contribution in [2.75, 3.05) is 20.3 Å². The van der Waals surface area contributed by atoms with Gasteiger partial charge in [0, 0.05) is 13.5 Å². The molecule has 0 amide bonds. The molecule has 1 heterocycles. The van der Waals surface area contributed by atoms with Crippen LogP contribution >= 0.6 is 0 Å². The summed E-state index contributed by atoms with van der Waals surface area (Å²) in [5.74, 6) is -1.33. The average molecular weight is 266 g/mol. The van der Waals surface area contributed by atoms with Gasteiger partial charge in [-0.15, -0.1) is 0 Å². The highest BCUT2D eigenvalue weighted by molar-refractivity contribution is 5.73. The van der Waals surface area contributed by atoms with Crippen molar-refractivity contribution in [3.05, 3.63) is 0 Å². The van der Waals surface area contributed by atoms with Crippen molar-refractivity contribution in [2.24, 2.45) is 0 Å². The molecule has 18 heavy (non-hydrogen) atoms. The van der Waals surface area contributed by atoms with Gasteiger partial charge in [0.25, 0.3) is 0 Å². The fraction of sp³-hybridized carbons (Fsp3) is 0.900. The van der Waals surface area contributed by atoms with Crippen molar-refractivity contribution < 1.29 is 39.4 Å². The summed E-state index contributed by atoms with van der Waals surface area (Å²) >= 11 is 0. The molecule has 0 spiro atoms. The fourth-order valence-corrected chi connectivity index (χ4v) is 1.63. The van der Waals surface area contributed by atoms with E-state index in [1.165, 1.54) is 7.11 Å². The molecule has 1 rings (SSSR count). The number of carboxylic acid groups (broad SMARTS) is 1. The Hall–Kier alpha value is -0.770. The van der Waals surface area contributed by atoms with Gasteiger partial charge in [0.15, 0.2) is 12.4 Å². The highest BCUT2D eigenvalue weighted by Crippen LogP contribution is 2.21. The predicted octanol–water partition coefficient (Wildman–Crippen LogP) is -2.07. The molecule has 5 atom stereocenters. The van der Waals surface area contributed by atoms with E-state index in [-0.39, 0.29) is 19.6 Å². The molecule has 1 aliphatic heterocycles. The van der Waals surface area contributed by atoms with Gasteiger partial charge in [0.05, 0.1) is 19.3 Å². The highest BCUT2D eigenvalue weighted by Gasteiger charge is 2.40. The number of ether oxygens (including phenoxy) is 3. The van der Waals surface area contributed by atoms with Crippen LogP contribution in [-0.2, 0) is 19.0 Å². The number of rotatable bonds is 6. The van der Waals surface area contributed by atoms with E-state index in [1.807, 2.05) is 0 Å². The van der Waals surface area contributed by atoms with E-state index in [1.54, 1.807) is 0 Å². The van der Waals surface area contributed by atoms with E-state index in [4.69, 9.17) is 14.6 Å². The van der Waals surface area contributed by atoms with Gasteiger partial charge in [-0.25, -0.2) is 4.79 Å². The zero-order chi connectivity index (χ0) is 13.7. The van der Waals surface area contributed by atoms with Crippen molar-refractivity contribution in [1.29, 1.82) is 0 Å².